The summed E-state index contributed by atoms with van der Waals surface area (Å²) in [6.45, 7) is -1.33. The molecule has 0 unspecified atom stereocenters. The van der Waals surface area contributed by atoms with Crippen molar-refractivity contribution in [3.8, 4) is 0 Å². The fourth-order valence-electron chi connectivity index (χ4n) is 2.49. The SMILES string of the molecule is OC[C@@H]1O[C@H](O[C@@H]2O[C@H](CO)[C@H](O)[C@H](O)[C@@H]2O)[C@H](O)[C@H](O)[C@@H]1O. The highest BCUT2D eigenvalue weighted by Crippen LogP contribution is 2.27. The van der Waals surface area contributed by atoms with Crippen molar-refractivity contribution in [3.63, 3.8) is 0 Å². The number of aliphatic hydroxyl groups excluding tert-OH is 8. The first-order chi connectivity index (χ1) is 10.8. The average molecular weight is 342 g/mol. The minimum atomic E-state index is -1.72. The van der Waals surface area contributed by atoms with E-state index < -0.39 is 74.6 Å². The fraction of sp³-hybridized carbons (Fsp3) is 1.00. The normalized spacial score (nSPS) is 51.7. The summed E-state index contributed by atoms with van der Waals surface area (Å²) >= 11 is 0. The van der Waals surface area contributed by atoms with Gasteiger partial charge in [0.05, 0.1) is 13.2 Å². The summed E-state index contributed by atoms with van der Waals surface area (Å²) < 4.78 is 15.3. The van der Waals surface area contributed by atoms with Crippen LogP contribution in [0.4, 0.5) is 0 Å². The average Bonchev–Trinajstić information content (AvgIpc) is 2.55. The second kappa shape index (κ2) is 7.63. The molecular formula is C12H22O11. The van der Waals surface area contributed by atoms with Crippen molar-refractivity contribution in [3.05, 3.63) is 0 Å². The van der Waals surface area contributed by atoms with Gasteiger partial charge in [-0.05, 0) is 0 Å². The maximum atomic E-state index is 9.84. The zero-order chi connectivity index (χ0) is 17.3. The Bertz CT molecular complexity index is 344. The summed E-state index contributed by atoms with van der Waals surface area (Å²) in [5.74, 6) is 0. The van der Waals surface area contributed by atoms with Crippen molar-refractivity contribution < 1.29 is 55.1 Å². The van der Waals surface area contributed by atoms with E-state index in [0.717, 1.165) is 0 Å². The molecule has 2 rings (SSSR count). The van der Waals surface area contributed by atoms with Gasteiger partial charge in [-0.25, -0.2) is 0 Å². The smallest absolute Gasteiger partial charge is 0.189 e. The second-order valence-electron chi connectivity index (χ2n) is 5.53. The van der Waals surface area contributed by atoms with E-state index >= 15 is 0 Å². The van der Waals surface area contributed by atoms with Crippen molar-refractivity contribution in [2.45, 2.75) is 61.4 Å². The van der Waals surface area contributed by atoms with Gasteiger partial charge in [0.2, 0.25) is 0 Å². The van der Waals surface area contributed by atoms with Crippen LogP contribution in [0.1, 0.15) is 0 Å². The Morgan fingerprint density at radius 3 is 1.22 bits per heavy atom. The van der Waals surface area contributed by atoms with Crippen molar-refractivity contribution in [1.29, 1.82) is 0 Å². The third-order valence-electron chi connectivity index (χ3n) is 3.97. The predicted octanol–water partition coefficient (Wildman–Crippen LogP) is -5.40. The molecule has 23 heavy (non-hydrogen) atoms. The Morgan fingerprint density at radius 1 is 0.565 bits per heavy atom. The van der Waals surface area contributed by atoms with Crippen molar-refractivity contribution >= 4 is 0 Å². The molecule has 11 nitrogen and oxygen atoms in total. The molecule has 2 saturated heterocycles. The second-order valence-corrected chi connectivity index (χ2v) is 5.53. The third kappa shape index (κ3) is 3.65. The van der Waals surface area contributed by atoms with E-state index in [1.807, 2.05) is 0 Å². The number of ether oxygens (including phenoxy) is 3. The lowest BCUT2D eigenvalue weighted by Gasteiger charge is -2.44. The van der Waals surface area contributed by atoms with E-state index in [-0.39, 0.29) is 0 Å². The number of hydrogen-bond acceptors (Lipinski definition) is 11. The van der Waals surface area contributed by atoms with Crippen LogP contribution in [-0.2, 0) is 14.2 Å². The molecule has 2 aliphatic rings. The van der Waals surface area contributed by atoms with E-state index in [1.54, 1.807) is 0 Å². The lowest BCUT2D eigenvalue weighted by atomic mass is 9.98. The highest BCUT2D eigenvalue weighted by Gasteiger charge is 2.49. The Balaban J connectivity index is 2.07. The lowest BCUT2D eigenvalue weighted by molar-refractivity contribution is -0.376. The van der Waals surface area contributed by atoms with Crippen molar-refractivity contribution in [2.24, 2.45) is 0 Å². The van der Waals surface area contributed by atoms with Gasteiger partial charge in [-0.15, -0.1) is 0 Å². The molecule has 0 aromatic carbocycles. The van der Waals surface area contributed by atoms with E-state index in [4.69, 9.17) is 24.4 Å². The molecule has 0 aromatic rings. The topological polar surface area (TPSA) is 190 Å². The van der Waals surface area contributed by atoms with Gasteiger partial charge in [-0.2, -0.15) is 0 Å². The van der Waals surface area contributed by atoms with Crippen molar-refractivity contribution in [2.75, 3.05) is 13.2 Å². The zero-order valence-corrected chi connectivity index (χ0v) is 12.0. The highest BCUT2D eigenvalue weighted by atomic mass is 16.8. The molecule has 0 amide bonds. The van der Waals surface area contributed by atoms with E-state index in [2.05, 4.69) is 0 Å². The van der Waals surface area contributed by atoms with Crippen LogP contribution in [0.5, 0.6) is 0 Å². The molecule has 2 fully saturated rings. The monoisotopic (exact) mass is 342 g/mol. The Hall–Kier alpha value is -0.440. The van der Waals surface area contributed by atoms with E-state index in [9.17, 15) is 30.6 Å². The minimum Gasteiger partial charge on any atom is -0.394 e. The molecule has 8 N–H and O–H groups in total. The van der Waals surface area contributed by atoms with Gasteiger partial charge in [0.15, 0.2) is 12.6 Å². The van der Waals surface area contributed by atoms with Gasteiger partial charge in [0, 0.05) is 0 Å². The molecule has 0 spiro atoms. The summed E-state index contributed by atoms with van der Waals surface area (Å²) in [5.41, 5.74) is 0. The highest BCUT2D eigenvalue weighted by molar-refractivity contribution is 4.92. The molecule has 136 valence electrons. The molecule has 10 atom stereocenters. The molecule has 2 heterocycles. The molecule has 0 bridgehead atoms. The van der Waals surface area contributed by atoms with Gasteiger partial charge < -0.3 is 55.1 Å². The first-order valence-corrected chi connectivity index (χ1v) is 7.08. The minimum absolute atomic E-state index is 0.667. The lowest BCUT2D eigenvalue weighted by Crippen LogP contribution is -2.63. The molecule has 0 aliphatic carbocycles. The first kappa shape index (κ1) is 18.9. The molecule has 0 saturated carbocycles. The maximum Gasteiger partial charge on any atom is 0.189 e. The number of aliphatic hydroxyl groups is 8. The van der Waals surface area contributed by atoms with Crippen LogP contribution < -0.4 is 0 Å². The van der Waals surface area contributed by atoms with Crippen LogP contribution >= 0.6 is 0 Å². The standard InChI is InChI=1S/C12H22O11/c13-1-3-5(15)7(17)9(19)11(21-3)23-12-10(20)8(18)6(16)4(2-14)22-12/h3-20H,1-2H2/t3-,4+,5+,6-,7+,8-,9+,10-,11+,12-. The number of rotatable bonds is 4. The molecular weight excluding hydrogens is 320 g/mol. The van der Waals surface area contributed by atoms with Gasteiger partial charge in [0.1, 0.15) is 48.8 Å². The zero-order valence-electron chi connectivity index (χ0n) is 12.0. The molecule has 0 aromatic heterocycles. The van der Waals surface area contributed by atoms with Crippen molar-refractivity contribution in [1.82, 2.24) is 0 Å². The van der Waals surface area contributed by atoms with Crippen LogP contribution in [0, 0.1) is 0 Å². The van der Waals surface area contributed by atoms with Gasteiger partial charge in [-0.3, -0.25) is 0 Å². The van der Waals surface area contributed by atoms with Crippen LogP contribution in [0.2, 0.25) is 0 Å². The molecule has 11 heteroatoms. The summed E-state index contributed by atoms with van der Waals surface area (Å²) in [7, 11) is 0. The summed E-state index contributed by atoms with van der Waals surface area (Å²) in [6.07, 6.45) is -15.6. The van der Waals surface area contributed by atoms with Gasteiger partial charge in [-0.1, -0.05) is 0 Å². The predicted molar refractivity (Wildman–Crippen MR) is 68.6 cm³/mol. The van der Waals surface area contributed by atoms with Crippen LogP contribution in [-0.4, -0.2) is 115 Å². The summed E-state index contributed by atoms with van der Waals surface area (Å²) in [4.78, 5) is 0. The van der Waals surface area contributed by atoms with E-state index in [1.165, 1.54) is 0 Å². The van der Waals surface area contributed by atoms with Crippen LogP contribution in [0.25, 0.3) is 0 Å². The third-order valence-corrected chi connectivity index (χ3v) is 3.97. The Labute approximate surface area is 130 Å². The summed E-state index contributed by atoms with van der Waals surface area (Å²) in [6, 6.07) is 0. The van der Waals surface area contributed by atoms with Gasteiger partial charge in [0.25, 0.3) is 0 Å². The number of hydrogen-bond donors (Lipinski definition) is 8. The Kier molecular flexibility index (Phi) is 6.27. The fourth-order valence-corrected chi connectivity index (χ4v) is 2.49. The Morgan fingerprint density at radius 2 is 0.913 bits per heavy atom. The first-order valence-electron chi connectivity index (χ1n) is 7.08. The van der Waals surface area contributed by atoms with Crippen LogP contribution in [0.15, 0.2) is 0 Å². The van der Waals surface area contributed by atoms with E-state index in [0.29, 0.717) is 0 Å². The quantitative estimate of drug-likeness (QED) is 0.243. The van der Waals surface area contributed by atoms with Gasteiger partial charge >= 0.3 is 0 Å². The molecule has 0 radical (unpaired) electrons. The molecule has 2 aliphatic heterocycles. The largest absolute Gasteiger partial charge is 0.394 e. The summed E-state index contributed by atoms with van der Waals surface area (Å²) in [5, 5.41) is 76.4. The van der Waals surface area contributed by atoms with Crippen LogP contribution in [0.3, 0.4) is 0 Å². The maximum absolute atomic E-state index is 9.84.